The standard InChI is InChI=1S/C15H21N3O4/c19-14(11-7-17-18(9-11)12-1-2-12)16-8-13(15(20)21)10-3-5-22-6-4-10/h7,9-10,12-13H,1-6,8H2,(H,16,19)(H,20,21). The number of nitrogens with one attached hydrogen (secondary N) is 1. The molecule has 3 rings (SSSR count). The van der Waals surface area contributed by atoms with Gasteiger partial charge in [0.15, 0.2) is 0 Å². The van der Waals surface area contributed by atoms with Gasteiger partial charge >= 0.3 is 5.97 Å². The Morgan fingerprint density at radius 2 is 2.09 bits per heavy atom. The van der Waals surface area contributed by atoms with Crippen molar-refractivity contribution in [3.8, 4) is 0 Å². The molecule has 0 aromatic carbocycles. The zero-order valence-corrected chi connectivity index (χ0v) is 12.4. The Bertz CT molecular complexity index is 547. The second kappa shape index (κ2) is 6.48. The third kappa shape index (κ3) is 3.47. The Labute approximate surface area is 128 Å². The van der Waals surface area contributed by atoms with Crippen LogP contribution in [0.5, 0.6) is 0 Å². The summed E-state index contributed by atoms with van der Waals surface area (Å²) in [5.41, 5.74) is 0.489. The first kappa shape index (κ1) is 15.0. The van der Waals surface area contributed by atoms with E-state index in [4.69, 9.17) is 4.74 Å². The number of rotatable bonds is 6. The number of nitrogens with zero attached hydrogens (tertiary/aromatic N) is 2. The number of aliphatic carboxylic acids is 1. The first-order chi connectivity index (χ1) is 10.6. The predicted octanol–water partition coefficient (Wildman–Crippen LogP) is 1.08. The van der Waals surface area contributed by atoms with Gasteiger partial charge in [0.1, 0.15) is 0 Å². The number of aromatic nitrogens is 2. The molecule has 1 saturated carbocycles. The smallest absolute Gasteiger partial charge is 0.308 e. The van der Waals surface area contributed by atoms with Gasteiger partial charge in [0.05, 0.1) is 23.7 Å². The molecule has 1 aromatic heterocycles. The molecular weight excluding hydrogens is 286 g/mol. The quantitative estimate of drug-likeness (QED) is 0.820. The zero-order chi connectivity index (χ0) is 15.5. The van der Waals surface area contributed by atoms with Gasteiger partial charge in [-0.05, 0) is 31.6 Å². The average molecular weight is 307 g/mol. The van der Waals surface area contributed by atoms with Crippen LogP contribution in [0.1, 0.15) is 42.1 Å². The zero-order valence-electron chi connectivity index (χ0n) is 12.4. The van der Waals surface area contributed by atoms with Gasteiger partial charge in [0.2, 0.25) is 0 Å². The van der Waals surface area contributed by atoms with E-state index in [1.165, 1.54) is 6.20 Å². The molecule has 7 heteroatoms. The Balaban J connectivity index is 1.56. The normalized spacial score (nSPS) is 20.5. The molecule has 1 saturated heterocycles. The van der Waals surface area contributed by atoms with Crippen LogP contribution >= 0.6 is 0 Å². The highest BCUT2D eigenvalue weighted by Gasteiger charge is 2.30. The molecule has 2 fully saturated rings. The van der Waals surface area contributed by atoms with Gasteiger partial charge in [0, 0.05) is 26.0 Å². The van der Waals surface area contributed by atoms with Crippen molar-refractivity contribution in [3.63, 3.8) is 0 Å². The summed E-state index contributed by atoms with van der Waals surface area (Å²) in [5, 5.41) is 16.3. The van der Waals surface area contributed by atoms with E-state index in [1.807, 2.05) is 4.68 Å². The minimum Gasteiger partial charge on any atom is -0.481 e. The third-order valence-electron chi connectivity index (χ3n) is 4.42. The number of carbonyl (C=O) groups excluding carboxylic acids is 1. The van der Waals surface area contributed by atoms with Crippen LogP contribution in [-0.4, -0.2) is 46.5 Å². The van der Waals surface area contributed by atoms with E-state index < -0.39 is 11.9 Å². The SMILES string of the molecule is O=C(NCC(C(=O)O)C1CCOCC1)c1cnn(C2CC2)c1. The van der Waals surface area contributed by atoms with Crippen molar-refractivity contribution in [2.75, 3.05) is 19.8 Å². The molecule has 2 heterocycles. The van der Waals surface area contributed by atoms with Crippen molar-refractivity contribution in [2.45, 2.75) is 31.7 Å². The number of hydrogen-bond acceptors (Lipinski definition) is 4. The molecule has 1 aliphatic heterocycles. The van der Waals surface area contributed by atoms with Crippen LogP contribution in [0.4, 0.5) is 0 Å². The molecule has 1 atom stereocenters. The number of carboxylic acids is 1. The van der Waals surface area contributed by atoms with Gasteiger partial charge in [0.25, 0.3) is 5.91 Å². The summed E-state index contributed by atoms with van der Waals surface area (Å²) in [4.78, 5) is 23.6. The highest BCUT2D eigenvalue weighted by molar-refractivity contribution is 5.93. The number of hydrogen-bond donors (Lipinski definition) is 2. The molecule has 0 bridgehead atoms. The van der Waals surface area contributed by atoms with Crippen molar-refractivity contribution in [1.82, 2.24) is 15.1 Å². The lowest BCUT2D eigenvalue weighted by Gasteiger charge is -2.27. The van der Waals surface area contributed by atoms with Gasteiger partial charge in [-0.2, -0.15) is 5.10 Å². The van der Waals surface area contributed by atoms with Crippen LogP contribution in [0.15, 0.2) is 12.4 Å². The minimum atomic E-state index is -0.860. The third-order valence-corrected chi connectivity index (χ3v) is 4.42. The molecular formula is C15H21N3O4. The van der Waals surface area contributed by atoms with Gasteiger partial charge in [-0.3, -0.25) is 14.3 Å². The molecule has 0 radical (unpaired) electrons. The van der Waals surface area contributed by atoms with E-state index in [0.717, 1.165) is 25.7 Å². The van der Waals surface area contributed by atoms with Crippen molar-refractivity contribution in [2.24, 2.45) is 11.8 Å². The fourth-order valence-electron chi connectivity index (χ4n) is 2.87. The fourth-order valence-corrected chi connectivity index (χ4v) is 2.87. The van der Waals surface area contributed by atoms with Gasteiger partial charge < -0.3 is 15.2 Å². The molecule has 7 nitrogen and oxygen atoms in total. The molecule has 1 aliphatic carbocycles. The number of ether oxygens (including phenoxy) is 1. The molecule has 2 aliphatic rings. The monoisotopic (exact) mass is 307 g/mol. The van der Waals surface area contributed by atoms with Crippen molar-refractivity contribution in [3.05, 3.63) is 18.0 Å². The van der Waals surface area contributed by atoms with E-state index >= 15 is 0 Å². The first-order valence-electron chi connectivity index (χ1n) is 7.78. The Kier molecular flexibility index (Phi) is 4.42. The van der Waals surface area contributed by atoms with Crippen LogP contribution in [0.25, 0.3) is 0 Å². The summed E-state index contributed by atoms with van der Waals surface area (Å²) >= 11 is 0. The van der Waals surface area contributed by atoms with Crippen molar-refractivity contribution >= 4 is 11.9 Å². The Morgan fingerprint density at radius 3 is 2.73 bits per heavy atom. The maximum Gasteiger partial charge on any atom is 0.308 e. The van der Waals surface area contributed by atoms with E-state index in [0.29, 0.717) is 24.8 Å². The van der Waals surface area contributed by atoms with Gasteiger partial charge in [-0.25, -0.2) is 0 Å². The Morgan fingerprint density at radius 1 is 1.36 bits per heavy atom. The second-order valence-electron chi connectivity index (χ2n) is 6.04. The van der Waals surface area contributed by atoms with Crippen molar-refractivity contribution in [1.29, 1.82) is 0 Å². The Hall–Kier alpha value is -1.89. The van der Waals surface area contributed by atoms with Crippen LogP contribution in [0.2, 0.25) is 0 Å². The topological polar surface area (TPSA) is 93.5 Å². The van der Waals surface area contributed by atoms with Gasteiger partial charge in [-0.1, -0.05) is 0 Å². The number of carbonyl (C=O) groups is 2. The van der Waals surface area contributed by atoms with E-state index in [9.17, 15) is 14.7 Å². The summed E-state index contributed by atoms with van der Waals surface area (Å²) in [6.45, 7) is 1.33. The summed E-state index contributed by atoms with van der Waals surface area (Å²) < 4.78 is 7.07. The lowest BCUT2D eigenvalue weighted by molar-refractivity contribution is -0.144. The minimum absolute atomic E-state index is 0.0562. The van der Waals surface area contributed by atoms with Crippen molar-refractivity contribution < 1.29 is 19.4 Å². The van der Waals surface area contributed by atoms with Crippen LogP contribution < -0.4 is 5.32 Å². The lowest BCUT2D eigenvalue weighted by atomic mass is 9.86. The predicted molar refractivity (Wildman–Crippen MR) is 77.5 cm³/mol. The maximum atomic E-state index is 12.1. The number of amides is 1. The first-order valence-corrected chi connectivity index (χ1v) is 7.78. The highest BCUT2D eigenvalue weighted by atomic mass is 16.5. The highest BCUT2D eigenvalue weighted by Crippen LogP contribution is 2.34. The van der Waals surface area contributed by atoms with Crippen LogP contribution in [0, 0.1) is 11.8 Å². The summed E-state index contributed by atoms with van der Waals surface area (Å²) in [6.07, 6.45) is 6.94. The van der Waals surface area contributed by atoms with E-state index in [2.05, 4.69) is 10.4 Å². The number of carboxylic acid groups (broad SMARTS) is 1. The maximum absolute atomic E-state index is 12.1. The molecule has 0 spiro atoms. The summed E-state index contributed by atoms with van der Waals surface area (Å²) in [6, 6.07) is 0.426. The summed E-state index contributed by atoms with van der Waals surface area (Å²) in [5.74, 6) is -1.63. The van der Waals surface area contributed by atoms with E-state index in [1.54, 1.807) is 6.20 Å². The van der Waals surface area contributed by atoms with Crippen LogP contribution in [-0.2, 0) is 9.53 Å². The molecule has 2 N–H and O–H groups in total. The molecule has 1 amide bonds. The van der Waals surface area contributed by atoms with Gasteiger partial charge in [-0.15, -0.1) is 0 Å². The molecule has 1 aromatic rings. The average Bonchev–Trinajstić information content (AvgIpc) is 3.25. The van der Waals surface area contributed by atoms with E-state index in [-0.39, 0.29) is 18.4 Å². The molecule has 120 valence electrons. The second-order valence-corrected chi connectivity index (χ2v) is 6.04. The lowest BCUT2D eigenvalue weighted by Crippen LogP contribution is -2.38. The van der Waals surface area contributed by atoms with Crippen LogP contribution in [0.3, 0.4) is 0 Å². The summed E-state index contributed by atoms with van der Waals surface area (Å²) in [7, 11) is 0. The largest absolute Gasteiger partial charge is 0.481 e. The molecule has 22 heavy (non-hydrogen) atoms. The fraction of sp³-hybridized carbons (Fsp3) is 0.667. The molecule has 1 unspecified atom stereocenters.